The van der Waals surface area contributed by atoms with E-state index in [2.05, 4.69) is 0 Å². The summed E-state index contributed by atoms with van der Waals surface area (Å²) in [5, 5.41) is 1.84. The van der Waals surface area contributed by atoms with Crippen molar-refractivity contribution in [2.75, 3.05) is 0 Å². The SMILES string of the molecule is [B]c1sc(-c2cc(C(F)(F)F)cc(C(F)(F)F)c2)cc1C1=C(c2cc(-c3ccc(-c4cccs4)s3)sc2C)C(F)(F)C(F)(F)C1(F)F. The Morgan fingerprint density at radius 2 is 1.13 bits per heavy atom. The van der Waals surface area contributed by atoms with Crippen molar-refractivity contribution in [3.63, 3.8) is 0 Å². The molecule has 0 nitrogen and oxygen atoms in total. The molecule has 244 valence electrons. The van der Waals surface area contributed by atoms with Gasteiger partial charge < -0.3 is 0 Å². The largest absolute Gasteiger partial charge is 0.416 e. The van der Waals surface area contributed by atoms with Crippen molar-refractivity contribution in [2.24, 2.45) is 0 Å². The highest BCUT2D eigenvalue weighted by Gasteiger charge is 2.80. The number of hydrogen-bond donors (Lipinski definition) is 0. The van der Waals surface area contributed by atoms with Crippen molar-refractivity contribution >= 4 is 69.1 Å². The van der Waals surface area contributed by atoms with Crippen molar-refractivity contribution < 1.29 is 52.7 Å². The van der Waals surface area contributed by atoms with E-state index in [0.29, 0.717) is 15.8 Å². The second-order valence-electron chi connectivity index (χ2n) is 10.4. The van der Waals surface area contributed by atoms with Gasteiger partial charge >= 0.3 is 30.1 Å². The van der Waals surface area contributed by atoms with Gasteiger partial charge in [0.1, 0.15) is 7.85 Å². The molecular formula is C30H13BF12S4. The third-order valence-electron chi connectivity index (χ3n) is 7.37. The highest BCUT2D eigenvalue weighted by molar-refractivity contribution is 7.26. The minimum Gasteiger partial charge on any atom is -0.194 e. The van der Waals surface area contributed by atoms with E-state index in [1.54, 1.807) is 12.1 Å². The zero-order valence-corrected chi connectivity index (χ0v) is 26.3. The molecule has 0 bridgehead atoms. The van der Waals surface area contributed by atoms with Crippen LogP contribution in [-0.4, -0.2) is 25.6 Å². The lowest BCUT2D eigenvalue weighted by atomic mass is 9.90. The summed E-state index contributed by atoms with van der Waals surface area (Å²) in [6.45, 7) is 1.27. The molecule has 4 heterocycles. The first kappa shape index (κ1) is 33.9. The fraction of sp³-hybridized carbons (Fsp3) is 0.200. The van der Waals surface area contributed by atoms with Crippen LogP contribution < -0.4 is 4.78 Å². The second kappa shape index (κ2) is 11.0. The molecule has 6 rings (SSSR count). The lowest BCUT2D eigenvalue weighted by Crippen LogP contribution is -2.49. The molecule has 1 aliphatic rings. The fourth-order valence-electron chi connectivity index (χ4n) is 5.15. The summed E-state index contributed by atoms with van der Waals surface area (Å²) in [7, 11) is 5.85. The highest BCUT2D eigenvalue weighted by atomic mass is 32.1. The van der Waals surface area contributed by atoms with Crippen LogP contribution in [0.4, 0.5) is 52.7 Å². The summed E-state index contributed by atoms with van der Waals surface area (Å²) in [6, 6.07) is 9.09. The first-order valence-electron chi connectivity index (χ1n) is 13.0. The van der Waals surface area contributed by atoms with Crippen LogP contribution in [0.5, 0.6) is 0 Å². The van der Waals surface area contributed by atoms with Gasteiger partial charge in [0.15, 0.2) is 0 Å². The number of hydrogen-bond acceptors (Lipinski definition) is 4. The standard InChI is InChI=1S/C30H13BF12S4/c1-12-16(10-22(45-12)20-5-4-19(46-20)18-3-2-6-44-18)23-24(27(34,35)30(42,43)26(23,32)33)17-11-21(47-25(17)31)13-7-14(28(36,37)38)9-15(8-13)29(39,40)41/h2-11H,1H3. The topological polar surface area (TPSA) is 0 Å². The van der Waals surface area contributed by atoms with Crippen molar-refractivity contribution in [1.29, 1.82) is 0 Å². The van der Waals surface area contributed by atoms with E-state index < -0.39 is 78.7 Å². The van der Waals surface area contributed by atoms with E-state index in [1.165, 1.54) is 29.6 Å². The van der Waals surface area contributed by atoms with Crippen molar-refractivity contribution in [1.82, 2.24) is 0 Å². The molecule has 2 radical (unpaired) electrons. The summed E-state index contributed by atoms with van der Waals surface area (Å²) < 4.78 is 172. The Morgan fingerprint density at radius 3 is 1.66 bits per heavy atom. The quantitative estimate of drug-likeness (QED) is 0.124. The number of halogens is 12. The first-order chi connectivity index (χ1) is 21.6. The predicted octanol–water partition coefficient (Wildman–Crippen LogP) is 11.9. The Morgan fingerprint density at radius 1 is 0.596 bits per heavy atom. The van der Waals surface area contributed by atoms with Crippen LogP contribution in [-0.2, 0) is 12.4 Å². The van der Waals surface area contributed by atoms with E-state index in [-0.39, 0.29) is 34.4 Å². The lowest BCUT2D eigenvalue weighted by molar-refractivity contribution is -0.254. The molecular weight excluding hydrogens is 727 g/mol. The minimum atomic E-state index is -5.97. The maximum absolute atomic E-state index is 15.5. The summed E-state index contributed by atoms with van der Waals surface area (Å²) >= 11 is 3.77. The van der Waals surface area contributed by atoms with E-state index in [1.807, 2.05) is 17.5 Å². The molecule has 5 aromatic rings. The molecule has 0 fully saturated rings. The summed E-state index contributed by atoms with van der Waals surface area (Å²) in [5.41, 5.74) is -9.55. The van der Waals surface area contributed by atoms with Crippen LogP contribution in [0.15, 0.2) is 60.0 Å². The second-order valence-corrected chi connectivity index (χ2v) is 14.7. The van der Waals surface area contributed by atoms with Gasteiger partial charge in [-0.3, -0.25) is 0 Å². The van der Waals surface area contributed by atoms with Crippen LogP contribution in [0.1, 0.15) is 27.1 Å². The number of allylic oxidation sites excluding steroid dienone is 2. The van der Waals surface area contributed by atoms with Crippen LogP contribution >= 0.6 is 45.3 Å². The number of rotatable bonds is 5. The summed E-state index contributed by atoms with van der Waals surface area (Å²) in [4.78, 5) is 1.97. The molecule has 0 unspecified atom stereocenters. The van der Waals surface area contributed by atoms with Gasteiger partial charge in [-0.15, -0.1) is 34.0 Å². The van der Waals surface area contributed by atoms with Gasteiger partial charge in [0.25, 0.3) is 0 Å². The molecule has 0 atom stereocenters. The highest BCUT2D eigenvalue weighted by Crippen LogP contribution is 2.65. The van der Waals surface area contributed by atoms with E-state index in [4.69, 9.17) is 7.85 Å². The molecule has 0 aliphatic heterocycles. The maximum atomic E-state index is 15.5. The molecule has 4 aromatic heterocycles. The molecule has 0 amide bonds. The Balaban J connectivity index is 1.55. The van der Waals surface area contributed by atoms with Gasteiger partial charge in [-0.2, -0.15) is 64.0 Å². The van der Waals surface area contributed by atoms with Crippen LogP contribution in [0.25, 0.3) is 41.1 Å². The Kier molecular flexibility index (Phi) is 7.93. The van der Waals surface area contributed by atoms with E-state index in [0.717, 1.165) is 27.2 Å². The van der Waals surface area contributed by atoms with E-state index >= 15 is 26.3 Å². The molecule has 0 saturated carbocycles. The van der Waals surface area contributed by atoms with Gasteiger partial charge in [-0.05, 0) is 82.3 Å². The molecule has 17 heteroatoms. The van der Waals surface area contributed by atoms with Gasteiger partial charge in [0.05, 0.1) is 11.1 Å². The third-order valence-corrected chi connectivity index (χ3v) is 11.8. The Bertz CT molecular complexity index is 1990. The summed E-state index contributed by atoms with van der Waals surface area (Å²) in [6.07, 6.45) is -10.5. The van der Waals surface area contributed by atoms with E-state index in [9.17, 15) is 26.3 Å². The molecule has 47 heavy (non-hydrogen) atoms. The van der Waals surface area contributed by atoms with Gasteiger partial charge in [0, 0.05) is 40.4 Å². The van der Waals surface area contributed by atoms with Crippen molar-refractivity contribution in [3.8, 4) is 29.9 Å². The molecule has 0 spiro atoms. The minimum absolute atomic E-state index is 0.0199. The molecule has 0 saturated heterocycles. The fourth-order valence-corrected chi connectivity index (χ4v) is 9.01. The Hall–Kier alpha value is -3.02. The number of aryl methyl sites for hydroxylation is 1. The predicted molar refractivity (Wildman–Crippen MR) is 162 cm³/mol. The number of benzene rings is 1. The molecule has 1 aliphatic carbocycles. The van der Waals surface area contributed by atoms with Crippen molar-refractivity contribution in [3.05, 3.63) is 87.1 Å². The number of alkyl halides is 12. The van der Waals surface area contributed by atoms with Gasteiger partial charge in [-0.1, -0.05) is 6.07 Å². The first-order valence-corrected chi connectivity index (χ1v) is 16.3. The average molecular weight is 740 g/mol. The maximum Gasteiger partial charge on any atom is 0.416 e. The third kappa shape index (κ3) is 5.46. The lowest BCUT2D eigenvalue weighted by Gasteiger charge is -2.25. The molecule has 0 N–H and O–H groups in total. The molecule has 1 aromatic carbocycles. The normalized spacial score (nSPS) is 17.6. The zero-order valence-electron chi connectivity index (χ0n) is 23.0. The van der Waals surface area contributed by atoms with Gasteiger partial charge in [-0.25, -0.2) is 0 Å². The number of thiophene rings is 4. The smallest absolute Gasteiger partial charge is 0.194 e. The van der Waals surface area contributed by atoms with Gasteiger partial charge in [0.2, 0.25) is 0 Å². The van der Waals surface area contributed by atoms with Crippen LogP contribution in [0, 0.1) is 6.92 Å². The summed E-state index contributed by atoms with van der Waals surface area (Å²) in [5.74, 6) is -17.0. The monoisotopic (exact) mass is 740 g/mol. The average Bonchev–Trinajstić information content (AvgIpc) is 3.78. The van der Waals surface area contributed by atoms with Crippen molar-refractivity contribution in [2.45, 2.75) is 37.0 Å². The van der Waals surface area contributed by atoms with Crippen LogP contribution in [0.3, 0.4) is 0 Å². The zero-order chi connectivity index (χ0) is 34.5. The van der Waals surface area contributed by atoms with Crippen LogP contribution in [0.2, 0.25) is 0 Å². The Labute approximate surface area is 275 Å².